The van der Waals surface area contributed by atoms with Gasteiger partial charge in [0.25, 0.3) is 0 Å². The maximum absolute atomic E-state index is 9.75. The van der Waals surface area contributed by atoms with E-state index in [2.05, 4.69) is 29.3 Å². The fourth-order valence-electron chi connectivity index (χ4n) is 1.84. The lowest BCUT2D eigenvalue weighted by molar-refractivity contribution is 0.0239. The van der Waals surface area contributed by atoms with Crippen molar-refractivity contribution in [1.29, 1.82) is 0 Å². The summed E-state index contributed by atoms with van der Waals surface area (Å²) in [6, 6.07) is 10.3. The second-order valence-corrected chi connectivity index (χ2v) is 4.60. The summed E-state index contributed by atoms with van der Waals surface area (Å²) in [7, 11) is 0. The molecule has 1 aliphatic rings. The maximum Gasteiger partial charge on any atom is 0.125 e. The van der Waals surface area contributed by atoms with E-state index in [1.54, 1.807) is 0 Å². The van der Waals surface area contributed by atoms with E-state index >= 15 is 0 Å². The summed E-state index contributed by atoms with van der Waals surface area (Å²) in [5, 5.41) is 13.1. The predicted octanol–water partition coefficient (Wildman–Crippen LogP) is 2.08. The Kier molecular flexibility index (Phi) is 4.19. The molecule has 0 unspecified atom stereocenters. The van der Waals surface area contributed by atoms with Crippen molar-refractivity contribution >= 4 is 0 Å². The molecule has 1 aromatic rings. The van der Waals surface area contributed by atoms with Crippen LogP contribution in [0.4, 0.5) is 0 Å². The van der Waals surface area contributed by atoms with Crippen molar-refractivity contribution in [1.82, 2.24) is 5.32 Å². The maximum atomic E-state index is 9.75. The van der Waals surface area contributed by atoms with Crippen molar-refractivity contribution in [3.63, 3.8) is 0 Å². The molecule has 0 atom stereocenters. The highest BCUT2D eigenvalue weighted by atomic mass is 16.3. The minimum absolute atomic E-state index is 0.653. The third-order valence-electron chi connectivity index (χ3n) is 3.10. The van der Waals surface area contributed by atoms with Gasteiger partial charge in [-0.15, -0.1) is 0 Å². The summed E-state index contributed by atoms with van der Waals surface area (Å²) >= 11 is 0. The molecule has 0 amide bonds. The van der Waals surface area contributed by atoms with Gasteiger partial charge >= 0.3 is 0 Å². The van der Waals surface area contributed by atoms with Gasteiger partial charge in [0, 0.05) is 19.5 Å². The topological polar surface area (TPSA) is 32.3 Å². The highest BCUT2D eigenvalue weighted by Crippen LogP contribution is 2.30. The minimum Gasteiger partial charge on any atom is -0.378 e. The van der Waals surface area contributed by atoms with Crippen molar-refractivity contribution in [3.05, 3.63) is 35.9 Å². The smallest absolute Gasteiger partial charge is 0.125 e. The average Bonchev–Trinajstić information content (AvgIpc) is 2.33. The Hall–Kier alpha value is -1.30. The molecule has 17 heavy (non-hydrogen) atoms. The van der Waals surface area contributed by atoms with Crippen LogP contribution >= 0.6 is 0 Å². The lowest BCUT2D eigenvalue weighted by atomic mass is 9.81. The normalized spacial score (nSPS) is 16.8. The molecule has 0 radical (unpaired) electrons. The molecule has 2 N–H and O–H groups in total. The first-order valence-electron chi connectivity index (χ1n) is 6.26. The highest BCUT2D eigenvalue weighted by Gasteiger charge is 2.31. The molecule has 0 spiro atoms. The summed E-state index contributed by atoms with van der Waals surface area (Å²) < 4.78 is 0. The van der Waals surface area contributed by atoms with Crippen LogP contribution in [0.15, 0.2) is 30.3 Å². The molecule has 0 aliphatic heterocycles. The van der Waals surface area contributed by atoms with E-state index in [9.17, 15) is 5.11 Å². The van der Waals surface area contributed by atoms with Gasteiger partial charge in [0.15, 0.2) is 0 Å². The van der Waals surface area contributed by atoms with Crippen LogP contribution in [0, 0.1) is 11.8 Å². The van der Waals surface area contributed by atoms with Crippen molar-refractivity contribution in [2.45, 2.75) is 37.8 Å². The summed E-state index contributed by atoms with van der Waals surface area (Å²) in [5.74, 6) is 6.01. The van der Waals surface area contributed by atoms with Gasteiger partial charge < -0.3 is 10.4 Å². The minimum atomic E-state index is -0.653. The molecule has 1 fully saturated rings. The molecule has 1 aliphatic carbocycles. The van der Waals surface area contributed by atoms with Gasteiger partial charge in [-0.3, -0.25) is 0 Å². The molecule has 90 valence electrons. The van der Waals surface area contributed by atoms with Crippen molar-refractivity contribution in [2.75, 3.05) is 6.54 Å². The van der Waals surface area contributed by atoms with Gasteiger partial charge in [0.05, 0.1) is 0 Å². The Balaban J connectivity index is 1.61. The number of benzene rings is 1. The van der Waals surface area contributed by atoms with E-state index in [1.807, 2.05) is 18.2 Å². The van der Waals surface area contributed by atoms with E-state index in [1.165, 1.54) is 5.56 Å². The zero-order chi connectivity index (χ0) is 12.0. The molecule has 1 saturated carbocycles. The number of nitrogens with one attached hydrogen (secondary N) is 1. The quantitative estimate of drug-likeness (QED) is 0.612. The molecule has 0 bridgehead atoms. The van der Waals surface area contributed by atoms with Gasteiger partial charge in [0.1, 0.15) is 5.60 Å². The Labute approximate surface area is 103 Å². The molecular formula is C15H19NO. The lowest BCUT2D eigenvalue weighted by Gasteiger charge is -2.30. The molecule has 0 saturated heterocycles. The largest absolute Gasteiger partial charge is 0.378 e. The van der Waals surface area contributed by atoms with Gasteiger partial charge in [-0.05, 0) is 24.8 Å². The summed E-state index contributed by atoms with van der Waals surface area (Å²) in [6.45, 7) is 1.75. The molecule has 2 rings (SSSR count). The van der Waals surface area contributed by atoms with Crippen LogP contribution in [-0.2, 0) is 6.54 Å². The van der Waals surface area contributed by atoms with E-state index in [0.717, 1.165) is 38.8 Å². The van der Waals surface area contributed by atoms with Crippen LogP contribution in [0.25, 0.3) is 0 Å². The first-order chi connectivity index (χ1) is 8.29. The molecule has 2 nitrogen and oxygen atoms in total. The van der Waals surface area contributed by atoms with Crippen molar-refractivity contribution in [2.24, 2.45) is 0 Å². The summed E-state index contributed by atoms with van der Waals surface area (Å²) in [4.78, 5) is 0. The second-order valence-electron chi connectivity index (χ2n) is 4.60. The number of hydrogen-bond donors (Lipinski definition) is 2. The Bertz CT molecular complexity index is 398. The molecule has 2 heteroatoms. The van der Waals surface area contributed by atoms with E-state index in [0.29, 0.717) is 0 Å². The van der Waals surface area contributed by atoms with Gasteiger partial charge in [-0.2, -0.15) is 0 Å². The number of hydrogen-bond acceptors (Lipinski definition) is 2. The highest BCUT2D eigenvalue weighted by molar-refractivity contribution is 5.17. The van der Waals surface area contributed by atoms with E-state index < -0.39 is 5.60 Å². The predicted molar refractivity (Wildman–Crippen MR) is 69.3 cm³/mol. The zero-order valence-corrected chi connectivity index (χ0v) is 10.1. The van der Waals surface area contributed by atoms with Gasteiger partial charge in [-0.25, -0.2) is 0 Å². The monoisotopic (exact) mass is 229 g/mol. The van der Waals surface area contributed by atoms with Crippen LogP contribution in [0.3, 0.4) is 0 Å². The third-order valence-corrected chi connectivity index (χ3v) is 3.10. The van der Waals surface area contributed by atoms with E-state index in [-0.39, 0.29) is 0 Å². The van der Waals surface area contributed by atoms with Crippen molar-refractivity contribution in [3.8, 4) is 11.8 Å². The standard InChI is InChI=1S/C15H19NO/c17-15(10-6-11-15)9-4-5-12-16-13-14-7-2-1-3-8-14/h1-3,7-8,16-17H,5-6,10-13H2. The zero-order valence-electron chi connectivity index (χ0n) is 10.1. The molecular weight excluding hydrogens is 210 g/mol. The average molecular weight is 229 g/mol. The van der Waals surface area contributed by atoms with Crippen LogP contribution in [0.2, 0.25) is 0 Å². The van der Waals surface area contributed by atoms with Crippen LogP contribution < -0.4 is 5.32 Å². The van der Waals surface area contributed by atoms with E-state index in [4.69, 9.17) is 0 Å². The Morgan fingerprint density at radius 1 is 1.24 bits per heavy atom. The van der Waals surface area contributed by atoms with Gasteiger partial charge in [0.2, 0.25) is 0 Å². The third kappa shape index (κ3) is 3.89. The van der Waals surface area contributed by atoms with Crippen LogP contribution in [0.5, 0.6) is 0 Å². The Morgan fingerprint density at radius 2 is 2.00 bits per heavy atom. The summed E-state index contributed by atoms with van der Waals surface area (Å²) in [5.41, 5.74) is 0.637. The van der Waals surface area contributed by atoms with Gasteiger partial charge in [-0.1, -0.05) is 42.2 Å². The van der Waals surface area contributed by atoms with Crippen LogP contribution in [0.1, 0.15) is 31.2 Å². The summed E-state index contributed by atoms with van der Waals surface area (Å²) in [6.07, 6.45) is 3.60. The first kappa shape index (κ1) is 12.2. The fourth-order valence-corrected chi connectivity index (χ4v) is 1.84. The fraction of sp³-hybridized carbons (Fsp3) is 0.467. The molecule has 0 heterocycles. The van der Waals surface area contributed by atoms with Crippen molar-refractivity contribution < 1.29 is 5.11 Å². The first-order valence-corrected chi connectivity index (χ1v) is 6.26. The SMILES string of the molecule is OC1(C#CCCNCc2ccccc2)CCC1. The molecule has 1 aromatic carbocycles. The molecule has 0 aromatic heterocycles. The lowest BCUT2D eigenvalue weighted by Crippen LogP contribution is -2.34. The Morgan fingerprint density at radius 3 is 2.65 bits per heavy atom. The van der Waals surface area contributed by atoms with Crippen LogP contribution in [-0.4, -0.2) is 17.3 Å². The number of rotatable bonds is 4. The number of aliphatic hydroxyl groups is 1. The second kappa shape index (κ2) is 5.86.